The number of nitrogens with zero attached hydrogens (tertiary/aromatic N) is 3. The largest absolute Gasteiger partial charge is 0.375 e. The highest BCUT2D eigenvalue weighted by molar-refractivity contribution is 5.85. The summed E-state index contributed by atoms with van der Waals surface area (Å²) in [5, 5.41) is 3.47. The van der Waals surface area contributed by atoms with Crippen LogP contribution in [0.15, 0.2) is 24.4 Å². The first-order valence-corrected chi connectivity index (χ1v) is 9.09. The molecule has 4 heterocycles. The van der Waals surface area contributed by atoms with Gasteiger partial charge in [-0.05, 0) is 50.9 Å². The van der Waals surface area contributed by atoms with Crippen molar-refractivity contribution in [3.63, 3.8) is 0 Å². The van der Waals surface area contributed by atoms with Gasteiger partial charge in [0.05, 0.1) is 5.60 Å². The van der Waals surface area contributed by atoms with Crippen LogP contribution >= 0.6 is 24.8 Å². The lowest BCUT2D eigenvalue weighted by atomic mass is 9.82. The number of piperazine rings is 1. The van der Waals surface area contributed by atoms with Crippen molar-refractivity contribution in [3.8, 4) is 0 Å². The van der Waals surface area contributed by atoms with Crippen LogP contribution in [0.3, 0.4) is 0 Å². The molecule has 142 valence electrons. The number of hydrogen-bond donors (Lipinski definition) is 1. The van der Waals surface area contributed by atoms with Crippen LogP contribution in [0.4, 0.5) is 5.82 Å². The van der Waals surface area contributed by atoms with Gasteiger partial charge >= 0.3 is 0 Å². The van der Waals surface area contributed by atoms with Gasteiger partial charge in [0.25, 0.3) is 0 Å². The summed E-state index contributed by atoms with van der Waals surface area (Å²) in [7, 11) is 0. The highest BCUT2D eigenvalue weighted by Crippen LogP contribution is 2.35. The summed E-state index contributed by atoms with van der Waals surface area (Å²) in [5.74, 6) is 1.12. The van der Waals surface area contributed by atoms with E-state index in [1.807, 2.05) is 12.3 Å². The molecule has 1 N–H and O–H groups in total. The Kier molecular flexibility index (Phi) is 7.77. The number of nitrogens with one attached hydrogen (secondary N) is 1. The van der Waals surface area contributed by atoms with Gasteiger partial charge in [-0.3, -0.25) is 4.90 Å². The zero-order valence-corrected chi connectivity index (χ0v) is 16.4. The zero-order valence-electron chi connectivity index (χ0n) is 14.7. The quantitative estimate of drug-likeness (QED) is 0.841. The van der Waals surface area contributed by atoms with E-state index in [9.17, 15) is 0 Å². The molecule has 1 spiro atoms. The van der Waals surface area contributed by atoms with Crippen molar-refractivity contribution in [2.45, 2.75) is 37.3 Å². The second-order valence-corrected chi connectivity index (χ2v) is 7.14. The summed E-state index contributed by atoms with van der Waals surface area (Å²) in [6.45, 7) is 7.63. The number of piperidine rings is 1. The molecular weight excluding hydrogens is 359 g/mol. The Morgan fingerprint density at radius 1 is 1.08 bits per heavy atom. The van der Waals surface area contributed by atoms with Crippen molar-refractivity contribution in [1.82, 2.24) is 15.2 Å². The molecule has 0 aliphatic carbocycles. The molecular formula is C18H30Cl2N4O. The molecule has 0 aromatic carbocycles. The number of pyridine rings is 1. The standard InChI is InChI=1S/C18H28N4O.2ClH/c1-2-7-20-17(3-1)22-12-10-21(11-13-22)16-4-14-23-18(15-16)5-8-19-9-6-18;;/h1-3,7,16,19H,4-6,8-15H2;2*1H. The third-order valence-corrected chi connectivity index (χ3v) is 5.79. The van der Waals surface area contributed by atoms with Crippen LogP contribution < -0.4 is 10.2 Å². The normalized spacial score (nSPS) is 26.6. The summed E-state index contributed by atoms with van der Waals surface area (Å²) in [6, 6.07) is 6.88. The number of halogens is 2. The molecule has 5 nitrogen and oxygen atoms in total. The lowest BCUT2D eigenvalue weighted by Gasteiger charge is -2.48. The fourth-order valence-electron chi connectivity index (χ4n) is 4.40. The molecule has 0 bridgehead atoms. The molecule has 3 fully saturated rings. The van der Waals surface area contributed by atoms with Crippen LogP contribution in [0, 0.1) is 0 Å². The van der Waals surface area contributed by atoms with Gasteiger partial charge in [0.1, 0.15) is 5.82 Å². The summed E-state index contributed by atoms with van der Waals surface area (Å²) in [5.41, 5.74) is 0.159. The Hall–Kier alpha value is -0.590. The number of aromatic nitrogens is 1. The van der Waals surface area contributed by atoms with Gasteiger partial charge < -0.3 is 15.0 Å². The van der Waals surface area contributed by atoms with E-state index < -0.39 is 0 Å². The fourth-order valence-corrected chi connectivity index (χ4v) is 4.40. The predicted octanol–water partition coefficient (Wildman–Crippen LogP) is 2.35. The predicted molar refractivity (Wildman–Crippen MR) is 106 cm³/mol. The average molecular weight is 389 g/mol. The first kappa shape index (κ1) is 20.7. The molecule has 3 aliphatic rings. The van der Waals surface area contributed by atoms with Gasteiger partial charge in [-0.2, -0.15) is 0 Å². The Morgan fingerprint density at radius 3 is 2.52 bits per heavy atom. The van der Waals surface area contributed by atoms with E-state index in [4.69, 9.17) is 4.74 Å². The highest BCUT2D eigenvalue weighted by atomic mass is 35.5. The second-order valence-electron chi connectivity index (χ2n) is 7.14. The topological polar surface area (TPSA) is 40.6 Å². The van der Waals surface area contributed by atoms with Crippen LogP contribution in [-0.4, -0.2) is 67.4 Å². The van der Waals surface area contributed by atoms with Crippen LogP contribution in [0.1, 0.15) is 25.7 Å². The van der Waals surface area contributed by atoms with E-state index in [1.165, 1.54) is 25.7 Å². The molecule has 7 heteroatoms. The van der Waals surface area contributed by atoms with Crippen molar-refractivity contribution in [2.75, 3.05) is 50.8 Å². The Balaban J connectivity index is 0.00000113. The van der Waals surface area contributed by atoms with Gasteiger partial charge in [0.2, 0.25) is 0 Å². The van der Waals surface area contributed by atoms with Crippen LogP contribution in [-0.2, 0) is 4.74 Å². The molecule has 25 heavy (non-hydrogen) atoms. The maximum Gasteiger partial charge on any atom is 0.128 e. The van der Waals surface area contributed by atoms with E-state index in [1.54, 1.807) is 0 Å². The Labute approximate surface area is 163 Å². The minimum atomic E-state index is 0. The average Bonchev–Trinajstić information content (AvgIpc) is 2.63. The fraction of sp³-hybridized carbons (Fsp3) is 0.722. The molecule has 0 radical (unpaired) electrons. The lowest BCUT2D eigenvalue weighted by Crippen LogP contribution is -2.56. The summed E-state index contributed by atoms with van der Waals surface area (Å²) in [4.78, 5) is 9.60. The molecule has 3 aliphatic heterocycles. The van der Waals surface area contributed by atoms with Gasteiger partial charge in [-0.15, -0.1) is 24.8 Å². The van der Waals surface area contributed by atoms with Crippen LogP contribution in [0.2, 0.25) is 0 Å². The first-order chi connectivity index (χ1) is 11.3. The van der Waals surface area contributed by atoms with E-state index in [2.05, 4.69) is 32.2 Å². The monoisotopic (exact) mass is 388 g/mol. The molecule has 4 rings (SSSR count). The van der Waals surface area contributed by atoms with Gasteiger partial charge in [-0.1, -0.05) is 6.07 Å². The van der Waals surface area contributed by atoms with Crippen molar-refractivity contribution >= 4 is 30.6 Å². The third-order valence-electron chi connectivity index (χ3n) is 5.79. The van der Waals surface area contributed by atoms with Crippen molar-refractivity contribution in [2.24, 2.45) is 0 Å². The molecule has 1 unspecified atom stereocenters. The minimum Gasteiger partial charge on any atom is -0.375 e. The van der Waals surface area contributed by atoms with E-state index in [-0.39, 0.29) is 30.4 Å². The minimum absolute atomic E-state index is 0. The van der Waals surface area contributed by atoms with Gasteiger partial charge in [0, 0.05) is 45.0 Å². The molecule has 1 aromatic heterocycles. The molecule has 1 atom stereocenters. The molecule has 3 saturated heterocycles. The van der Waals surface area contributed by atoms with Gasteiger partial charge in [0.15, 0.2) is 0 Å². The molecule has 0 saturated carbocycles. The number of hydrogen-bond acceptors (Lipinski definition) is 5. The van der Waals surface area contributed by atoms with Crippen molar-refractivity contribution < 1.29 is 4.74 Å². The third kappa shape index (κ3) is 4.77. The smallest absolute Gasteiger partial charge is 0.128 e. The van der Waals surface area contributed by atoms with Crippen molar-refractivity contribution in [1.29, 1.82) is 0 Å². The Morgan fingerprint density at radius 2 is 1.84 bits per heavy atom. The summed E-state index contributed by atoms with van der Waals surface area (Å²) < 4.78 is 6.23. The number of rotatable bonds is 2. The SMILES string of the molecule is Cl.Cl.c1ccc(N2CCN(C3CCOC4(CCNCC4)C3)CC2)nc1. The van der Waals surface area contributed by atoms with Gasteiger partial charge in [-0.25, -0.2) is 4.98 Å². The van der Waals surface area contributed by atoms with E-state index in [0.29, 0.717) is 6.04 Å². The number of anilines is 1. The Bertz CT molecular complexity index is 500. The summed E-state index contributed by atoms with van der Waals surface area (Å²) >= 11 is 0. The van der Waals surface area contributed by atoms with E-state index >= 15 is 0 Å². The van der Waals surface area contributed by atoms with Crippen LogP contribution in [0.5, 0.6) is 0 Å². The summed E-state index contributed by atoms with van der Waals surface area (Å²) in [6.07, 6.45) is 6.66. The van der Waals surface area contributed by atoms with E-state index in [0.717, 1.165) is 51.7 Å². The maximum absolute atomic E-state index is 6.23. The van der Waals surface area contributed by atoms with Crippen molar-refractivity contribution in [3.05, 3.63) is 24.4 Å². The first-order valence-electron chi connectivity index (χ1n) is 9.09. The second kappa shape index (κ2) is 9.38. The lowest BCUT2D eigenvalue weighted by molar-refractivity contribution is -0.121. The molecule has 1 aromatic rings. The zero-order chi connectivity index (χ0) is 15.5. The maximum atomic E-state index is 6.23. The number of ether oxygens (including phenoxy) is 1. The highest BCUT2D eigenvalue weighted by Gasteiger charge is 2.40. The van der Waals surface area contributed by atoms with Crippen LogP contribution in [0.25, 0.3) is 0 Å². The molecule has 0 amide bonds.